The first-order valence-corrected chi connectivity index (χ1v) is 6.35. The normalized spacial score (nSPS) is 10.0. The lowest BCUT2D eigenvalue weighted by atomic mass is 10.3. The molecule has 2 aromatic heterocycles. The average Bonchev–Trinajstić information content (AvgIpc) is 2.54. The molecule has 5 nitrogen and oxygen atoms in total. The van der Waals surface area contributed by atoms with E-state index in [1.54, 1.807) is 18.2 Å². The van der Waals surface area contributed by atoms with Gasteiger partial charge >= 0.3 is 6.18 Å². The van der Waals surface area contributed by atoms with Crippen molar-refractivity contribution in [2.24, 2.45) is 0 Å². The summed E-state index contributed by atoms with van der Waals surface area (Å²) in [5, 5.41) is 7.93. The topological polar surface area (TPSA) is 75.9 Å². The summed E-state index contributed by atoms with van der Waals surface area (Å²) < 4.78 is 39.4. The molecule has 0 aliphatic rings. The molecule has 0 atom stereocenters. The molecule has 0 fully saturated rings. The van der Waals surface area contributed by atoms with Crippen LogP contribution in [0.4, 0.5) is 13.2 Å². The van der Waals surface area contributed by atoms with Gasteiger partial charge in [-0.3, -0.25) is 9.78 Å². The number of rotatable bonds is 3. The zero-order valence-corrected chi connectivity index (χ0v) is 12.2. The van der Waals surface area contributed by atoms with Gasteiger partial charge in [0.1, 0.15) is 6.07 Å². The van der Waals surface area contributed by atoms with Crippen molar-refractivity contribution in [2.45, 2.75) is 6.18 Å². The predicted molar refractivity (Wildman–Crippen MR) is 74.9 cm³/mol. The number of nitrogens with zero attached hydrogens (tertiary/aromatic N) is 3. The summed E-state index contributed by atoms with van der Waals surface area (Å²) in [6.07, 6.45) is -0.188. The third kappa shape index (κ3) is 7.78. The number of hydrogen-bond acceptors (Lipinski definition) is 5. The Hall–Kier alpha value is -2.66. The van der Waals surface area contributed by atoms with Crippen LogP contribution in [0.15, 0.2) is 42.9 Å². The van der Waals surface area contributed by atoms with Crippen molar-refractivity contribution in [3.05, 3.63) is 54.0 Å². The minimum atomic E-state index is -4.38. The first kappa shape index (κ1) is 18.4. The van der Waals surface area contributed by atoms with Crippen LogP contribution in [0.2, 0.25) is 0 Å². The smallest absolute Gasteiger partial charge is 0.422 e. The molecule has 2 rings (SSSR count). The van der Waals surface area contributed by atoms with Gasteiger partial charge in [-0.1, -0.05) is 0 Å². The van der Waals surface area contributed by atoms with Crippen LogP contribution in [-0.4, -0.2) is 28.0 Å². The van der Waals surface area contributed by atoms with Crippen LogP contribution in [0.1, 0.15) is 15.9 Å². The van der Waals surface area contributed by atoms with E-state index in [2.05, 4.69) is 14.7 Å². The van der Waals surface area contributed by atoms with E-state index in [1.165, 1.54) is 24.5 Å². The summed E-state index contributed by atoms with van der Waals surface area (Å²) in [6, 6.07) is 7.46. The average molecular weight is 344 g/mol. The maximum absolute atomic E-state index is 11.7. The second kappa shape index (κ2) is 8.70. The van der Waals surface area contributed by atoms with Crippen molar-refractivity contribution in [1.29, 1.82) is 5.26 Å². The highest BCUT2D eigenvalue weighted by Gasteiger charge is 2.28. The monoisotopic (exact) mass is 343 g/mol. The Bertz CT molecular complexity index is 670. The van der Waals surface area contributed by atoms with Gasteiger partial charge in [-0.15, -0.1) is 0 Å². The molecule has 120 valence electrons. The Morgan fingerprint density at radius 2 is 1.91 bits per heavy atom. The van der Waals surface area contributed by atoms with Crippen molar-refractivity contribution >= 4 is 16.8 Å². The van der Waals surface area contributed by atoms with Crippen LogP contribution < -0.4 is 4.74 Å². The number of halogens is 4. The molecule has 0 bridgehead atoms. The number of nitriles is 1. The largest absolute Gasteiger partial charge is 0.468 e. The van der Waals surface area contributed by atoms with E-state index in [1.807, 2.05) is 0 Å². The number of carbonyl (C=O) groups is 1. The van der Waals surface area contributed by atoms with Crippen molar-refractivity contribution in [3.8, 4) is 11.9 Å². The van der Waals surface area contributed by atoms with Crippen molar-refractivity contribution in [3.63, 3.8) is 0 Å². The van der Waals surface area contributed by atoms with E-state index in [4.69, 9.17) is 16.9 Å². The minimum Gasteiger partial charge on any atom is -0.468 e. The molecule has 23 heavy (non-hydrogen) atoms. The van der Waals surface area contributed by atoms with E-state index >= 15 is 0 Å². The van der Waals surface area contributed by atoms with Crippen molar-refractivity contribution in [2.75, 3.05) is 6.61 Å². The first-order chi connectivity index (χ1) is 10.8. The lowest BCUT2D eigenvalue weighted by Crippen LogP contribution is -2.19. The highest BCUT2D eigenvalue weighted by atomic mass is 35.5. The molecular formula is C14H9ClF3N3O2. The highest BCUT2D eigenvalue weighted by molar-refractivity contribution is 6.67. The van der Waals surface area contributed by atoms with E-state index in [-0.39, 0.29) is 11.4 Å². The summed E-state index contributed by atoms with van der Waals surface area (Å²) in [7, 11) is 0. The summed E-state index contributed by atoms with van der Waals surface area (Å²) >= 11 is 5.14. The van der Waals surface area contributed by atoms with Crippen LogP contribution in [0.5, 0.6) is 5.88 Å². The molecule has 9 heteroatoms. The van der Waals surface area contributed by atoms with Gasteiger partial charge in [0, 0.05) is 30.2 Å². The van der Waals surface area contributed by atoms with Crippen LogP contribution in [0.3, 0.4) is 0 Å². The zero-order chi connectivity index (χ0) is 17.3. The van der Waals surface area contributed by atoms with E-state index in [0.29, 0.717) is 5.56 Å². The number of alkyl halides is 3. The molecule has 0 aromatic carbocycles. The molecule has 0 amide bonds. The van der Waals surface area contributed by atoms with Gasteiger partial charge in [0.2, 0.25) is 5.88 Å². The van der Waals surface area contributed by atoms with Gasteiger partial charge in [-0.2, -0.15) is 18.4 Å². The highest BCUT2D eigenvalue weighted by Crippen LogP contribution is 2.16. The van der Waals surface area contributed by atoms with Crippen molar-refractivity contribution < 1.29 is 22.7 Å². The van der Waals surface area contributed by atoms with E-state index in [9.17, 15) is 18.0 Å². The predicted octanol–water partition coefficient (Wildman–Crippen LogP) is 3.35. The molecule has 0 saturated carbocycles. The van der Waals surface area contributed by atoms with Gasteiger partial charge in [-0.25, -0.2) is 4.98 Å². The van der Waals surface area contributed by atoms with Crippen LogP contribution in [0.25, 0.3) is 0 Å². The summed E-state index contributed by atoms with van der Waals surface area (Å²) in [6.45, 7) is -1.38. The SMILES string of the molecule is N#Cc1ccc(OCC(F)(F)F)nc1.O=C(Cl)c1ccncc1. The standard InChI is InChI=1S/C8H5F3N2O.C6H4ClNO/c9-8(10,11)5-14-7-2-1-6(3-12)4-13-7;7-6(9)5-1-3-8-4-2-5/h1-2,4H,5H2;1-4H. The Morgan fingerprint density at radius 3 is 2.30 bits per heavy atom. The molecule has 0 N–H and O–H groups in total. The Kier molecular flexibility index (Phi) is 6.96. The molecule has 0 aliphatic heterocycles. The van der Waals surface area contributed by atoms with Crippen LogP contribution in [-0.2, 0) is 0 Å². The number of aromatic nitrogens is 2. The molecular weight excluding hydrogens is 335 g/mol. The van der Waals surface area contributed by atoms with Gasteiger partial charge in [0.05, 0.1) is 5.56 Å². The number of ether oxygens (including phenoxy) is 1. The van der Waals surface area contributed by atoms with Crippen LogP contribution in [0, 0.1) is 11.3 Å². The quantitative estimate of drug-likeness (QED) is 0.799. The second-order valence-electron chi connectivity index (χ2n) is 3.91. The maximum Gasteiger partial charge on any atom is 0.422 e. The molecule has 2 heterocycles. The molecule has 0 aliphatic carbocycles. The van der Waals surface area contributed by atoms with Gasteiger partial charge in [0.25, 0.3) is 5.24 Å². The zero-order valence-electron chi connectivity index (χ0n) is 11.4. The van der Waals surface area contributed by atoms with Crippen LogP contribution >= 0.6 is 11.6 Å². The molecule has 0 radical (unpaired) electrons. The molecule has 0 saturated heterocycles. The number of carbonyl (C=O) groups excluding carboxylic acids is 1. The van der Waals surface area contributed by atoms with Gasteiger partial charge in [-0.05, 0) is 29.8 Å². The summed E-state index contributed by atoms with van der Waals surface area (Å²) in [5.41, 5.74) is 0.746. The minimum absolute atomic E-state index is 0.152. The maximum atomic E-state index is 11.7. The third-order valence-electron chi connectivity index (χ3n) is 2.16. The lowest BCUT2D eigenvalue weighted by Gasteiger charge is -2.07. The summed E-state index contributed by atoms with van der Waals surface area (Å²) in [4.78, 5) is 17.6. The number of hydrogen-bond donors (Lipinski definition) is 0. The van der Waals surface area contributed by atoms with E-state index in [0.717, 1.165) is 6.20 Å². The summed E-state index contributed by atoms with van der Waals surface area (Å²) in [5.74, 6) is -0.152. The molecule has 0 unspecified atom stereocenters. The fraction of sp³-hybridized carbons (Fsp3) is 0.143. The first-order valence-electron chi connectivity index (χ1n) is 5.97. The van der Waals surface area contributed by atoms with Crippen molar-refractivity contribution in [1.82, 2.24) is 9.97 Å². The lowest BCUT2D eigenvalue weighted by molar-refractivity contribution is -0.154. The van der Waals surface area contributed by atoms with Gasteiger partial charge in [0.15, 0.2) is 6.61 Å². The van der Waals surface area contributed by atoms with Gasteiger partial charge < -0.3 is 4.74 Å². The Labute approximate surface area is 134 Å². The Balaban J connectivity index is 0.000000253. The Morgan fingerprint density at radius 1 is 1.26 bits per heavy atom. The number of pyridine rings is 2. The molecule has 2 aromatic rings. The third-order valence-corrected chi connectivity index (χ3v) is 2.37. The van der Waals surface area contributed by atoms with E-state index < -0.39 is 18.0 Å². The fourth-order valence-corrected chi connectivity index (χ4v) is 1.30. The molecule has 0 spiro atoms. The second-order valence-corrected chi connectivity index (χ2v) is 4.25. The fourth-order valence-electron chi connectivity index (χ4n) is 1.17.